The highest BCUT2D eigenvalue weighted by atomic mass is 16.5. The second-order valence-corrected chi connectivity index (χ2v) is 4.93. The molecule has 1 aliphatic heterocycles. The first-order chi connectivity index (χ1) is 9.78. The molecule has 3 rings (SSSR count). The maximum absolute atomic E-state index is 12.2. The van der Waals surface area contributed by atoms with Crippen LogP contribution in [0.25, 0.3) is 6.08 Å². The molecule has 0 saturated heterocycles. The Labute approximate surface area is 119 Å². The number of para-hydroxylation sites is 1. The smallest absolute Gasteiger partial charge is 0.231 e. The molecule has 3 heteroatoms. The van der Waals surface area contributed by atoms with Crippen LogP contribution in [0.1, 0.15) is 21.5 Å². The molecule has 0 atom stereocenters. The number of fused-ring (bicyclic) bond motifs is 1. The van der Waals surface area contributed by atoms with Crippen LogP contribution in [-0.4, -0.2) is 13.1 Å². The number of carbonyl (C=O) groups is 1. The molecule has 0 spiro atoms. The van der Waals surface area contributed by atoms with E-state index in [-0.39, 0.29) is 5.78 Å². The van der Waals surface area contributed by atoms with E-state index < -0.39 is 0 Å². The van der Waals surface area contributed by atoms with Crippen LogP contribution >= 0.6 is 0 Å². The van der Waals surface area contributed by atoms with Crippen LogP contribution < -0.4 is 4.74 Å². The molecule has 0 amide bonds. The molecule has 0 aromatic heterocycles. The fraction of sp³-hybridized carbons (Fsp3) is 0.118. The Morgan fingerprint density at radius 3 is 2.55 bits per heavy atom. The maximum Gasteiger partial charge on any atom is 0.231 e. The standard InChI is InChI=1S/C17H15BO2/c1-18-11-13-8-6-12(7-9-13)10-16-17(19)14-4-2-3-5-15(14)20-16/h2-10,18H,11H2,1H3/b16-10-. The lowest BCUT2D eigenvalue weighted by atomic mass is 9.75. The van der Waals surface area contributed by atoms with E-state index in [9.17, 15) is 4.79 Å². The summed E-state index contributed by atoms with van der Waals surface area (Å²) in [4.78, 5) is 12.2. The van der Waals surface area contributed by atoms with E-state index in [2.05, 4.69) is 19.0 Å². The zero-order valence-corrected chi connectivity index (χ0v) is 11.4. The quantitative estimate of drug-likeness (QED) is 0.626. The van der Waals surface area contributed by atoms with Gasteiger partial charge in [0.25, 0.3) is 0 Å². The molecule has 2 aromatic rings. The monoisotopic (exact) mass is 262 g/mol. The number of ether oxygens (including phenoxy) is 1. The molecular weight excluding hydrogens is 247 g/mol. The molecule has 0 saturated carbocycles. The van der Waals surface area contributed by atoms with Crippen molar-refractivity contribution >= 4 is 19.1 Å². The van der Waals surface area contributed by atoms with E-state index in [0.717, 1.165) is 19.2 Å². The average molecular weight is 262 g/mol. The molecular formula is C17H15BO2. The second-order valence-electron chi connectivity index (χ2n) is 4.93. The van der Waals surface area contributed by atoms with Gasteiger partial charge in [0.2, 0.25) is 5.78 Å². The first kappa shape index (κ1) is 12.7. The molecule has 0 unspecified atom stereocenters. The van der Waals surface area contributed by atoms with Crippen LogP contribution in [-0.2, 0) is 6.32 Å². The fourth-order valence-corrected chi connectivity index (χ4v) is 2.36. The number of hydrogen-bond acceptors (Lipinski definition) is 2. The van der Waals surface area contributed by atoms with Crippen LogP contribution in [0.3, 0.4) is 0 Å². The minimum Gasteiger partial charge on any atom is -0.452 e. The number of carbonyl (C=O) groups excluding carboxylic acids is 1. The number of Topliss-reactive ketones (excluding diaryl/α,β-unsaturated/α-hetero) is 1. The lowest BCUT2D eigenvalue weighted by Crippen LogP contribution is -1.98. The van der Waals surface area contributed by atoms with Gasteiger partial charge < -0.3 is 4.74 Å². The molecule has 0 bridgehead atoms. The lowest BCUT2D eigenvalue weighted by Gasteiger charge is -2.00. The number of ketones is 1. The summed E-state index contributed by atoms with van der Waals surface area (Å²) in [6.07, 6.45) is 2.88. The Morgan fingerprint density at radius 2 is 1.85 bits per heavy atom. The predicted octanol–water partition coefficient (Wildman–Crippen LogP) is 3.29. The Morgan fingerprint density at radius 1 is 1.10 bits per heavy atom. The maximum atomic E-state index is 12.2. The summed E-state index contributed by atoms with van der Waals surface area (Å²) < 4.78 is 5.61. The van der Waals surface area contributed by atoms with Gasteiger partial charge >= 0.3 is 0 Å². The number of allylic oxidation sites excluding steroid dienone is 1. The predicted molar refractivity (Wildman–Crippen MR) is 82.5 cm³/mol. The van der Waals surface area contributed by atoms with Crippen LogP contribution in [0.5, 0.6) is 5.75 Å². The van der Waals surface area contributed by atoms with Gasteiger partial charge in [-0.1, -0.05) is 55.1 Å². The molecule has 0 N–H and O–H groups in total. The Hall–Kier alpha value is -2.29. The third-order valence-corrected chi connectivity index (χ3v) is 3.39. The van der Waals surface area contributed by atoms with Crippen molar-refractivity contribution in [3.63, 3.8) is 0 Å². The molecule has 2 aromatic carbocycles. The number of benzene rings is 2. The van der Waals surface area contributed by atoms with Crippen LogP contribution in [0, 0.1) is 0 Å². The van der Waals surface area contributed by atoms with Gasteiger partial charge in [0.1, 0.15) is 13.0 Å². The van der Waals surface area contributed by atoms with E-state index in [0.29, 0.717) is 17.1 Å². The highest BCUT2D eigenvalue weighted by molar-refractivity contribution is 6.32. The van der Waals surface area contributed by atoms with Gasteiger partial charge in [0, 0.05) is 0 Å². The van der Waals surface area contributed by atoms with E-state index in [1.807, 2.05) is 30.3 Å². The molecule has 1 heterocycles. The highest BCUT2D eigenvalue weighted by Gasteiger charge is 2.26. The molecule has 20 heavy (non-hydrogen) atoms. The van der Waals surface area contributed by atoms with Gasteiger partial charge in [-0.3, -0.25) is 4.79 Å². The van der Waals surface area contributed by atoms with E-state index in [1.165, 1.54) is 5.56 Å². The molecule has 0 aliphatic carbocycles. The average Bonchev–Trinajstić information content (AvgIpc) is 2.79. The normalized spacial score (nSPS) is 15.1. The largest absolute Gasteiger partial charge is 0.452 e. The number of rotatable bonds is 3. The first-order valence-electron chi connectivity index (χ1n) is 6.90. The molecule has 2 nitrogen and oxygen atoms in total. The van der Waals surface area contributed by atoms with Gasteiger partial charge in [-0.2, -0.15) is 0 Å². The Balaban J connectivity index is 1.85. The van der Waals surface area contributed by atoms with E-state index >= 15 is 0 Å². The zero-order chi connectivity index (χ0) is 13.9. The third-order valence-electron chi connectivity index (χ3n) is 3.39. The van der Waals surface area contributed by atoms with Crippen molar-refractivity contribution in [3.8, 4) is 5.75 Å². The third kappa shape index (κ3) is 2.39. The highest BCUT2D eigenvalue weighted by Crippen LogP contribution is 2.31. The van der Waals surface area contributed by atoms with Crippen LogP contribution in [0.15, 0.2) is 54.3 Å². The van der Waals surface area contributed by atoms with Crippen LogP contribution in [0.4, 0.5) is 0 Å². The molecule has 1 aliphatic rings. The fourth-order valence-electron chi connectivity index (χ4n) is 2.36. The van der Waals surface area contributed by atoms with Crippen molar-refractivity contribution < 1.29 is 9.53 Å². The Kier molecular flexibility index (Phi) is 3.42. The van der Waals surface area contributed by atoms with Gasteiger partial charge in [0.15, 0.2) is 5.76 Å². The van der Waals surface area contributed by atoms with Gasteiger partial charge in [-0.05, 0) is 23.8 Å². The zero-order valence-electron chi connectivity index (χ0n) is 11.4. The number of hydrogen-bond donors (Lipinski definition) is 0. The van der Waals surface area contributed by atoms with E-state index in [4.69, 9.17) is 4.74 Å². The SMILES string of the molecule is CBCc1ccc(/C=C2\Oc3ccccc3C2=O)cc1. The Bertz CT molecular complexity index is 672. The summed E-state index contributed by atoms with van der Waals surface area (Å²) >= 11 is 0. The van der Waals surface area contributed by atoms with Crippen molar-refractivity contribution in [2.45, 2.75) is 13.1 Å². The summed E-state index contributed by atoms with van der Waals surface area (Å²) in [6, 6.07) is 15.6. The van der Waals surface area contributed by atoms with Crippen molar-refractivity contribution in [3.05, 3.63) is 71.0 Å². The minimum atomic E-state index is -0.0433. The van der Waals surface area contributed by atoms with E-state index in [1.54, 1.807) is 12.1 Å². The summed E-state index contributed by atoms with van der Waals surface area (Å²) in [5.41, 5.74) is 2.94. The van der Waals surface area contributed by atoms with Gasteiger partial charge in [-0.25, -0.2) is 0 Å². The first-order valence-corrected chi connectivity index (χ1v) is 6.90. The summed E-state index contributed by atoms with van der Waals surface area (Å²) in [5.74, 6) is 0.999. The minimum absolute atomic E-state index is 0.0433. The summed E-state index contributed by atoms with van der Waals surface area (Å²) in [5, 5.41) is 0. The summed E-state index contributed by atoms with van der Waals surface area (Å²) in [7, 11) is 1.14. The van der Waals surface area contributed by atoms with Crippen molar-refractivity contribution in [1.82, 2.24) is 0 Å². The molecule has 0 radical (unpaired) electrons. The lowest BCUT2D eigenvalue weighted by molar-refractivity contribution is 0.101. The van der Waals surface area contributed by atoms with Crippen molar-refractivity contribution in [2.75, 3.05) is 0 Å². The molecule has 98 valence electrons. The topological polar surface area (TPSA) is 26.3 Å². The summed E-state index contributed by atoms with van der Waals surface area (Å²) in [6.45, 7) is 2.16. The van der Waals surface area contributed by atoms with Gasteiger partial charge in [0.05, 0.1) is 5.56 Å². The molecule has 0 fully saturated rings. The van der Waals surface area contributed by atoms with Crippen LogP contribution in [0.2, 0.25) is 6.82 Å². The van der Waals surface area contributed by atoms with Crippen molar-refractivity contribution in [2.24, 2.45) is 0 Å². The van der Waals surface area contributed by atoms with Gasteiger partial charge in [-0.15, -0.1) is 0 Å². The second kappa shape index (κ2) is 5.37. The van der Waals surface area contributed by atoms with Crippen molar-refractivity contribution in [1.29, 1.82) is 0 Å².